The zero-order valence-corrected chi connectivity index (χ0v) is 50.1. The standard InChI is InChI=1S/C30H49NO5.C17H31NO7.C13H25NO7/c1-34-13-14-36-29(33)27-10-6-5-9-26(27)28(32)35-12-11-31(25-7-3-2-4-8-25)21-30-18-22-15-23(19-30)17-24(16-22)20-30;1-23-12-13-25-17(22)15-4-2-14(3-5-15)16(21)24-11-8-18(6-9-19)7-10-20;1-19-10-11-21-13(18)3-2-12(17)20-9-6-14(4-7-15)5-8-16/h22-27H,2-21H2,1H3;14-15,19-20H,2-13H2,1H3;15-16H,2-11H2,1H3. The molecule has 22 nitrogen and oxygen atoms in total. The summed E-state index contributed by atoms with van der Waals surface area (Å²) in [6, 6.07) is 0.642. The lowest BCUT2D eigenvalue weighted by Crippen LogP contribution is -2.53. The fraction of sp³-hybridized carbons (Fsp3) is 0.900. The Labute approximate surface area is 488 Å². The molecule has 4 N–H and O–H groups in total. The second kappa shape index (κ2) is 41.5. The van der Waals surface area contributed by atoms with Crippen molar-refractivity contribution in [2.75, 3.05) is 160 Å². The third-order valence-corrected chi connectivity index (χ3v) is 17.3. The zero-order valence-electron chi connectivity index (χ0n) is 50.1. The molecular weight excluding hydrogens is 1070 g/mol. The Morgan fingerprint density at radius 1 is 0.402 bits per heavy atom. The summed E-state index contributed by atoms with van der Waals surface area (Å²) in [4.78, 5) is 78.7. The number of nitrogens with zero attached hydrogens (tertiary/aromatic N) is 3. The van der Waals surface area contributed by atoms with E-state index < -0.39 is 11.9 Å². The number of hydrogen-bond acceptors (Lipinski definition) is 22. The van der Waals surface area contributed by atoms with Crippen LogP contribution in [-0.4, -0.2) is 237 Å². The van der Waals surface area contributed by atoms with Gasteiger partial charge in [0.15, 0.2) is 0 Å². The number of methoxy groups -OCH3 is 3. The van der Waals surface area contributed by atoms with Gasteiger partial charge in [0.05, 0.1) is 82.8 Å². The molecule has 7 aliphatic rings. The van der Waals surface area contributed by atoms with E-state index in [9.17, 15) is 28.8 Å². The quantitative estimate of drug-likeness (QED) is 0.0392. The van der Waals surface area contributed by atoms with Crippen LogP contribution in [0.25, 0.3) is 0 Å². The third-order valence-electron chi connectivity index (χ3n) is 17.3. The van der Waals surface area contributed by atoms with Crippen LogP contribution in [0.4, 0.5) is 0 Å². The molecule has 0 aromatic rings. The molecule has 4 bridgehead atoms. The highest BCUT2D eigenvalue weighted by Crippen LogP contribution is 2.60. The Morgan fingerprint density at radius 3 is 1.18 bits per heavy atom. The molecule has 82 heavy (non-hydrogen) atoms. The first-order valence-electron chi connectivity index (χ1n) is 30.9. The van der Waals surface area contributed by atoms with E-state index in [0.717, 1.165) is 43.6 Å². The maximum Gasteiger partial charge on any atom is 0.309 e. The lowest BCUT2D eigenvalue weighted by Gasteiger charge is -2.58. The van der Waals surface area contributed by atoms with Crippen molar-refractivity contribution in [3.8, 4) is 0 Å². The molecule has 474 valence electrons. The van der Waals surface area contributed by atoms with Gasteiger partial charge < -0.3 is 63.1 Å². The van der Waals surface area contributed by atoms with Crippen LogP contribution < -0.4 is 0 Å². The van der Waals surface area contributed by atoms with Crippen LogP contribution in [-0.2, 0) is 71.4 Å². The van der Waals surface area contributed by atoms with Crippen LogP contribution >= 0.6 is 0 Å². The normalized spacial score (nSPS) is 24.9. The molecule has 7 rings (SSSR count). The predicted octanol–water partition coefficient (Wildman–Crippen LogP) is 3.97. The summed E-state index contributed by atoms with van der Waals surface area (Å²) in [5, 5.41) is 35.5. The van der Waals surface area contributed by atoms with Crippen molar-refractivity contribution >= 4 is 35.8 Å². The van der Waals surface area contributed by atoms with Gasteiger partial charge in [-0.2, -0.15) is 0 Å². The molecule has 0 saturated heterocycles. The van der Waals surface area contributed by atoms with Crippen molar-refractivity contribution < 1.29 is 91.8 Å². The van der Waals surface area contributed by atoms with E-state index in [1.165, 1.54) is 84.3 Å². The van der Waals surface area contributed by atoms with E-state index in [2.05, 4.69) is 4.90 Å². The van der Waals surface area contributed by atoms with E-state index in [1.54, 1.807) is 19.1 Å². The Morgan fingerprint density at radius 2 is 0.756 bits per heavy atom. The van der Waals surface area contributed by atoms with Crippen LogP contribution in [0.5, 0.6) is 0 Å². The maximum atomic E-state index is 13.1. The SMILES string of the molecule is COCCOC(=O)C1CCC(C(=O)OCCN(CCO)CCO)CC1.COCCOC(=O)C1CCCCC1C(=O)OCCN(CC12CC3CC(CC(C3)C1)C2)C1CCCCC1.COCCOC(=O)CCC(=O)OCCN(CCO)CCO. The summed E-state index contributed by atoms with van der Waals surface area (Å²) in [7, 11) is 4.65. The summed E-state index contributed by atoms with van der Waals surface area (Å²) in [6.45, 7) is 7.18. The molecule has 7 fully saturated rings. The molecule has 0 amide bonds. The van der Waals surface area contributed by atoms with Gasteiger partial charge in [-0.25, -0.2) is 0 Å². The van der Waals surface area contributed by atoms with E-state index >= 15 is 0 Å². The Kier molecular flexibility index (Phi) is 35.9. The van der Waals surface area contributed by atoms with Crippen molar-refractivity contribution in [3.63, 3.8) is 0 Å². The van der Waals surface area contributed by atoms with Crippen LogP contribution in [0.2, 0.25) is 0 Å². The lowest BCUT2D eigenvalue weighted by molar-refractivity contribution is -0.164. The van der Waals surface area contributed by atoms with E-state index in [1.807, 2.05) is 4.90 Å². The topological polar surface area (TPSA) is 276 Å². The number of aliphatic hydroxyl groups excluding tert-OH is 4. The monoisotopic (exact) mass is 1170 g/mol. The molecule has 0 aromatic carbocycles. The van der Waals surface area contributed by atoms with Crippen molar-refractivity contribution in [1.82, 2.24) is 14.7 Å². The van der Waals surface area contributed by atoms with Crippen LogP contribution in [0, 0.1) is 46.8 Å². The predicted molar refractivity (Wildman–Crippen MR) is 302 cm³/mol. The van der Waals surface area contributed by atoms with Crippen molar-refractivity contribution in [2.45, 2.75) is 141 Å². The fourth-order valence-electron chi connectivity index (χ4n) is 13.6. The van der Waals surface area contributed by atoms with Crippen LogP contribution in [0.3, 0.4) is 0 Å². The number of esters is 6. The second-order valence-electron chi connectivity index (χ2n) is 23.4. The molecule has 22 heteroatoms. The minimum atomic E-state index is -0.480. The van der Waals surface area contributed by atoms with Gasteiger partial charge in [-0.1, -0.05) is 32.1 Å². The minimum Gasteiger partial charge on any atom is -0.464 e. The molecule has 0 aromatic heterocycles. The van der Waals surface area contributed by atoms with Crippen LogP contribution in [0.15, 0.2) is 0 Å². The number of aliphatic hydroxyl groups is 4. The number of hydrogen-bond donors (Lipinski definition) is 4. The average Bonchev–Trinajstić information content (AvgIpc) is 2.01. The summed E-state index contributed by atoms with van der Waals surface area (Å²) >= 11 is 0. The van der Waals surface area contributed by atoms with Gasteiger partial charge in [0.25, 0.3) is 0 Å². The molecule has 0 aliphatic heterocycles. The zero-order chi connectivity index (χ0) is 59.4. The third kappa shape index (κ3) is 26.8. The number of carbonyl (C=O) groups excluding carboxylic acids is 6. The van der Waals surface area contributed by atoms with Crippen LogP contribution in [0.1, 0.15) is 135 Å². The molecule has 2 unspecified atom stereocenters. The van der Waals surface area contributed by atoms with Crippen molar-refractivity contribution in [1.29, 1.82) is 0 Å². The minimum absolute atomic E-state index is 0.00155. The van der Waals surface area contributed by atoms with Gasteiger partial charge in [0.1, 0.15) is 39.6 Å². The van der Waals surface area contributed by atoms with E-state index in [0.29, 0.717) is 109 Å². The molecule has 7 saturated carbocycles. The Bertz CT molecular complexity index is 1750. The van der Waals surface area contributed by atoms with Gasteiger partial charge >= 0.3 is 35.8 Å². The molecule has 0 spiro atoms. The molecule has 2 atom stereocenters. The number of carbonyl (C=O) groups is 6. The van der Waals surface area contributed by atoms with Gasteiger partial charge in [-0.05, 0) is 113 Å². The molecule has 0 radical (unpaired) electrons. The van der Waals surface area contributed by atoms with E-state index in [-0.39, 0.29) is 120 Å². The molecule has 7 aliphatic carbocycles. The molecular formula is C60H105N3O19. The van der Waals surface area contributed by atoms with Gasteiger partial charge in [0, 0.05) is 79.7 Å². The first-order chi connectivity index (χ1) is 39.8. The number of ether oxygens (including phenoxy) is 9. The van der Waals surface area contributed by atoms with Gasteiger partial charge in [-0.15, -0.1) is 0 Å². The van der Waals surface area contributed by atoms with Crippen molar-refractivity contribution in [3.05, 3.63) is 0 Å². The first-order valence-corrected chi connectivity index (χ1v) is 30.9. The maximum absolute atomic E-state index is 13.1. The summed E-state index contributed by atoms with van der Waals surface area (Å²) in [5.41, 5.74) is 0.511. The first kappa shape index (κ1) is 70.9. The smallest absolute Gasteiger partial charge is 0.309 e. The fourth-order valence-corrected chi connectivity index (χ4v) is 13.6. The van der Waals surface area contributed by atoms with Gasteiger partial charge in [0.2, 0.25) is 0 Å². The Balaban J connectivity index is 0.000000278. The second-order valence-corrected chi connectivity index (χ2v) is 23.4. The summed E-state index contributed by atoms with van der Waals surface area (Å²) in [5.74, 6) is -0.00885. The highest BCUT2D eigenvalue weighted by atomic mass is 16.6. The number of rotatable bonds is 36. The average molecular weight is 1170 g/mol. The molecule has 0 heterocycles. The Hall–Kier alpha value is -3.58. The highest BCUT2D eigenvalue weighted by molar-refractivity contribution is 5.82. The van der Waals surface area contributed by atoms with Gasteiger partial charge in [-0.3, -0.25) is 43.5 Å². The highest BCUT2D eigenvalue weighted by Gasteiger charge is 2.52. The lowest BCUT2D eigenvalue weighted by atomic mass is 9.49. The van der Waals surface area contributed by atoms with E-state index in [4.69, 9.17) is 63.1 Å². The largest absolute Gasteiger partial charge is 0.464 e. The van der Waals surface area contributed by atoms with Crippen molar-refractivity contribution in [2.24, 2.45) is 46.8 Å². The summed E-state index contributed by atoms with van der Waals surface area (Å²) in [6.07, 6.45) is 21.2. The summed E-state index contributed by atoms with van der Waals surface area (Å²) < 4.78 is 46.1.